The first kappa shape index (κ1) is 27.7. The van der Waals surface area contributed by atoms with E-state index >= 15 is 0 Å². The fourth-order valence-electron chi connectivity index (χ4n) is 5.48. The van der Waals surface area contributed by atoms with Gasteiger partial charge in [-0.05, 0) is 37.5 Å². The topological polar surface area (TPSA) is 141 Å². The number of nitrogens with two attached hydrogens (primary N) is 1. The molecule has 0 radical (unpaired) electrons. The number of likely N-dealkylation sites (tertiary alicyclic amines) is 1. The summed E-state index contributed by atoms with van der Waals surface area (Å²) in [7, 11) is 1.54. The van der Waals surface area contributed by atoms with Crippen LogP contribution in [0.4, 0.5) is 0 Å². The lowest BCUT2D eigenvalue weighted by Gasteiger charge is -2.29. The maximum atomic E-state index is 13.4. The second-order valence-electron chi connectivity index (χ2n) is 9.85. The van der Waals surface area contributed by atoms with Crippen molar-refractivity contribution < 1.29 is 33.3 Å². The van der Waals surface area contributed by atoms with E-state index in [1.807, 2.05) is 24.0 Å². The molecule has 2 aliphatic rings. The van der Waals surface area contributed by atoms with Crippen LogP contribution in [0.3, 0.4) is 0 Å². The molecule has 1 fully saturated rings. The minimum atomic E-state index is -0.917. The highest BCUT2D eigenvalue weighted by Gasteiger charge is 2.47. The Morgan fingerprint density at radius 2 is 2.11 bits per heavy atom. The van der Waals surface area contributed by atoms with Gasteiger partial charge in [0, 0.05) is 44.6 Å². The summed E-state index contributed by atoms with van der Waals surface area (Å²) in [6, 6.07) is 3.24. The molecule has 0 bridgehead atoms. The van der Waals surface area contributed by atoms with Gasteiger partial charge in [0.15, 0.2) is 17.4 Å². The van der Waals surface area contributed by atoms with Gasteiger partial charge in [-0.2, -0.15) is 0 Å². The first-order valence-electron chi connectivity index (χ1n) is 13.2. The summed E-state index contributed by atoms with van der Waals surface area (Å²) < 4.78 is 22.3. The van der Waals surface area contributed by atoms with Crippen molar-refractivity contribution in [3.63, 3.8) is 0 Å². The standard InChI is InChI=1S/C27H38N4O7/c1-4-5-9-30(10-8-28)24(32)15-31-14-19(18-11-21(35-3)26-22(12-18)36-16-37-26)25(27(33)34)20(31)6-7-23-29-13-17(2)38-23/h11-13,19-20,25H,4-10,14-16,28H2,1-3H3,(H,33,34)/t19-,20+,25-/m1/s1. The number of carboxylic acid groups (broad SMARTS) is 1. The van der Waals surface area contributed by atoms with Crippen molar-refractivity contribution >= 4 is 11.9 Å². The second kappa shape index (κ2) is 12.5. The summed E-state index contributed by atoms with van der Waals surface area (Å²) in [5, 5.41) is 10.4. The van der Waals surface area contributed by atoms with E-state index in [4.69, 9.17) is 24.4 Å². The molecule has 1 aromatic carbocycles. The van der Waals surface area contributed by atoms with Gasteiger partial charge in [-0.1, -0.05) is 13.3 Å². The number of hydrogen-bond donors (Lipinski definition) is 2. The van der Waals surface area contributed by atoms with Gasteiger partial charge in [0.2, 0.25) is 18.4 Å². The zero-order valence-corrected chi connectivity index (χ0v) is 22.4. The Labute approximate surface area is 222 Å². The SMILES string of the molecule is CCCCN(CCN)C(=O)CN1C[C@H](c2cc(OC)c3c(c2)OCO3)[C@@H](C(=O)O)[C@@H]1CCc1ncc(C)o1. The average Bonchev–Trinajstić information content (AvgIpc) is 3.62. The van der Waals surface area contributed by atoms with E-state index in [0.717, 1.165) is 18.4 Å². The highest BCUT2D eigenvalue weighted by Crippen LogP contribution is 2.47. The number of rotatable bonds is 13. The number of aryl methyl sites for hydroxylation is 2. The van der Waals surface area contributed by atoms with Gasteiger partial charge in [0.25, 0.3) is 0 Å². The molecule has 2 aromatic rings. The molecule has 1 amide bonds. The zero-order valence-electron chi connectivity index (χ0n) is 22.4. The molecule has 38 heavy (non-hydrogen) atoms. The number of carbonyl (C=O) groups excluding carboxylic acids is 1. The van der Waals surface area contributed by atoms with Crippen molar-refractivity contribution in [3.8, 4) is 17.2 Å². The molecule has 4 rings (SSSR count). The lowest BCUT2D eigenvalue weighted by Crippen LogP contribution is -2.45. The Morgan fingerprint density at radius 3 is 2.76 bits per heavy atom. The van der Waals surface area contributed by atoms with Crippen molar-refractivity contribution in [1.29, 1.82) is 0 Å². The van der Waals surface area contributed by atoms with E-state index in [2.05, 4.69) is 11.9 Å². The Hall–Kier alpha value is -3.31. The summed E-state index contributed by atoms with van der Waals surface area (Å²) >= 11 is 0. The minimum Gasteiger partial charge on any atom is -0.493 e. The number of aromatic nitrogens is 1. The van der Waals surface area contributed by atoms with Crippen LogP contribution in [0.5, 0.6) is 17.2 Å². The highest BCUT2D eigenvalue weighted by molar-refractivity contribution is 5.79. The number of methoxy groups -OCH3 is 1. The van der Waals surface area contributed by atoms with Crippen LogP contribution >= 0.6 is 0 Å². The highest BCUT2D eigenvalue weighted by atomic mass is 16.7. The number of nitrogens with zero attached hydrogens (tertiary/aromatic N) is 3. The molecule has 1 aromatic heterocycles. The normalized spacial score (nSPS) is 20.6. The maximum absolute atomic E-state index is 13.4. The molecule has 0 unspecified atom stereocenters. The van der Waals surface area contributed by atoms with E-state index in [1.54, 1.807) is 18.2 Å². The molecule has 3 N–H and O–H groups in total. The van der Waals surface area contributed by atoms with E-state index in [0.29, 0.717) is 67.9 Å². The second-order valence-corrected chi connectivity index (χ2v) is 9.85. The first-order chi connectivity index (χ1) is 18.4. The largest absolute Gasteiger partial charge is 0.493 e. The number of aliphatic carboxylic acids is 1. The summed E-state index contributed by atoms with van der Waals surface area (Å²) in [4.78, 5) is 34.2. The predicted molar refractivity (Wildman–Crippen MR) is 138 cm³/mol. The van der Waals surface area contributed by atoms with E-state index in [9.17, 15) is 14.7 Å². The van der Waals surface area contributed by atoms with E-state index < -0.39 is 23.8 Å². The van der Waals surface area contributed by atoms with E-state index in [1.165, 1.54) is 0 Å². The van der Waals surface area contributed by atoms with Gasteiger partial charge in [0.1, 0.15) is 5.76 Å². The molecule has 11 heteroatoms. The van der Waals surface area contributed by atoms with Crippen LogP contribution in [-0.2, 0) is 16.0 Å². The molecular formula is C27H38N4O7. The summed E-state index contributed by atoms with van der Waals surface area (Å²) in [6.45, 7) is 5.96. The first-order valence-corrected chi connectivity index (χ1v) is 13.2. The molecule has 208 valence electrons. The number of fused-ring (bicyclic) bond motifs is 1. The van der Waals surface area contributed by atoms with Crippen molar-refractivity contribution in [3.05, 3.63) is 35.5 Å². The number of carbonyl (C=O) groups is 2. The molecule has 0 aliphatic carbocycles. The van der Waals surface area contributed by atoms with Crippen LogP contribution < -0.4 is 19.9 Å². The third kappa shape index (κ3) is 6.05. The molecule has 0 spiro atoms. The van der Waals surface area contributed by atoms with Crippen LogP contribution in [0.15, 0.2) is 22.7 Å². The van der Waals surface area contributed by atoms with Crippen LogP contribution in [0.2, 0.25) is 0 Å². The number of carboxylic acids is 1. The van der Waals surface area contributed by atoms with Gasteiger partial charge in [-0.15, -0.1) is 0 Å². The fraction of sp³-hybridized carbons (Fsp3) is 0.593. The van der Waals surface area contributed by atoms with Crippen molar-refractivity contribution in [2.75, 3.05) is 46.6 Å². The van der Waals surface area contributed by atoms with Crippen LogP contribution in [0, 0.1) is 12.8 Å². The Kier molecular flexibility index (Phi) is 9.11. The zero-order chi connectivity index (χ0) is 27.2. The quantitative estimate of drug-likeness (QED) is 0.397. The number of unbranched alkanes of at least 4 members (excludes halogenated alkanes) is 1. The molecule has 3 atom stereocenters. The van der Waals surface area contributed by atoms with Crippen LogP contribution in [-0.4, -0.2) is 84.4 Å². The summed E-state index contributed by atoms with van der Waals surface area (Å²) in [6.07, 6.45) is 4.45. The monoisotopic (exact) mass is 530 g/mol. The Morgan fingerprint density at radius 1 is 1.29 bits per heavy atom. The van der Waals surface area contributed by atoms with Crippen molar-refractivity contribution in [1.82, 2.24) is 14.8 Å². The van der Waals surface area contributed by atoms with Crippen molar-refractivity contribution in [2.24, 2.45) is 11.7 Å². The van der Waals surface area contributed by atoms with E-state index in [-0.39, 0.29) is 19.2 Å². The van der Waals surface area contributed by atoms with Gasteiger partial charge >= 0.3 is 5.97 Å². The number of hydrogen-bond acceptors (Lipinski definition) is 9. The maximum Gasteiger partial charge on any atom is 0.308 e. The van der Waals surface area contributed by atoms with Crippen molar-refractivity contribution in [2.45, 2.75) is 51.5 Å². The minimum absolute atomic E-state index is 0.0473. The Balaban J connectivity index is 1.64. The smallest absolute Gasteiger partial charge is 0.308 e. The third-order valence-electron chi connectivity index (χ3n) is 7.34. The molecule has 0 saturated carbocycles. The fourth-order valence-corrected chi connectivity index (χ4v) is 5.48. The number of amides is 1. The van der Waals surface area contributed by atoms with Gasteiger partial charge < -0.3 is 34.4 Å². The molecule has 2 aliphatic heterocycles. The Bertz CT molecular complexity index is 1120. The summed E-state index contributed by atoms with van der Waals surface area (Å²) in [5.74, 6) is 0.672. The average molecular weight is 531 g/mol. The lowest BCUT2D eigenvalue weighted by atomic mass is 9.83. The third-order valence-corrected chi connectivity index (χ3v) is 7.34. The predicted octanol–water partition coefficient (Wildman–Crippen LogP) is 2.41. The number of ether oxygens (including phenoxy) is 3. The number of benzene rings is 1. The number of oxazole rings is 1. The molecule has 1 saturated heterocycles. The van der Waals surface area contributed by atoms with Gasteiger partial charge in [-0.3, -0.25) is 14.5 Å². The molecular weight excluding hydrogens is 492 g/mol. The van der Waals surface area contributed by atoms with Crippen LogP contribution in [0.25, 0.3) is 0 Å². The van der Waals surface area contributed by atoms with Gasteiger partial charge in [-0.25, -0.2) is 4.98 Å². The molecule has 11 nitrogen and oxygen atoms in total. The van der Waals surface area contributed by atoms with Gasteiger partial charge in [0.05, 0.1) is 25.8 Å². The molecule has 3 heterocycles. The lowest BCUT2D eigenvalue weighted by molar-refractivity contribution is -0.143. The van der Waals surface area contributed by atoms with Crippen LogP contribution in [0.1, 0.15) is 49.3 Å². The summed E-state index contributed by atoms with van der Waals surface area (Å²) in [5.41, 5.74) is 6.56.